The van der Waals surface area contributed by atoms with Crippen molar-refractivity contribution in [2.75, 3.05) is 18.1 Å². The molecule has 5 heteroatoms. The van der Waals surface area contributed by atoms with Crippen LogP contribution < -0.4 is 10.2 Å². The number of aromatic nitrogens is 1. The van der Waals surface area contributed by atoms with Crippen molar-refractivity contribution in [3.8, 4) is 0 Å². The third-order valence-electron chi connectivity index (χ3n) is 4.66. The lowest BCUT2D eigenvalue weighted by molar-refractivity contribution is -0.00868. The molecule has 2 aliphatic carbocycles. The molecule has 110 valence electrons. The fraction of sp³-hybridized carbons (Fsp3) is 0.800. The first-order valence-electron chi connectivity index (χ1n) is 7.96. The van der Waals surface area contributed by atoms with Crippen molar-refractivity contribution in [1.29, 1.82) is 0 Å². The molecule has 0 bridgehead atoms. The summed E-state index contributed by atoms with van der Waals surface area (Å²) in [5, 5.41) is 4.78. The Morgan fingerprint density at radius 1 is 1.30 bits per heavy atom. The summed E-state index contributed by atoms with van der Waals surface area (Å²) in [6.07, 6.45) is 10.3. The minimum absolute atomic E-state index is 0.439. The number of rotatable bonds is 4. The summed E-state index contributed by atoms with van der Waals surface area (Å²) in [6.45, 7) is 2.85. The monoisotopic (exact) mass is 293 g/mol. The second-order valence-electron chi connectivity index (χ2n) is 6.22. The molecule has 4 nitrogen and oxygen atoms in total. The van der Waals surface area contributed by atoms with Crippen LogP contribution >= 0.6 is 11.3 Å². The number of hydrogen-bond donors (Lipinski definition) is 1. The van der Waals surface area contributed by atoms with Crippen molar-refractivity contribution in [1.82, 2.24) is 10.3 Å². The maximum absolute atomic E-state index is 5.95. The Kier molecular flexibility index (Phi) is 3.67. The number of thiazole rings is 1. The van der Waals surface area contributed by atoms with Gasteiger partial charge in [0.15, 0.2) is 5.13 Å². The molecule has 1 aliphatic heterocycles. The van der Waals surface area contributed by atoms with Crippen LogP contribution in [0.2, 0.25) is 0 Å². The zero-order valence-electron chi connectivity index (χ0n) is 11.9. The Morgan fingerprint density at radius 3 is 3.10 bits per heavy atom. The van der Waals surface area contributed by atoms with Gasteiger partial charge in [0.05, 0.1) is 18.8 Å². The van der Waals surface area contributed by atoms with Crippen molar-refractivity contribution in [2.45, 2.75) is 63.3 Å². The molecule has 0 spiro atoms. The van der Waals surface area contributed by atoms with Gasteiger partial charge in [-0.15, -0.1) is 11.3 Å². The van der Waals surface area contributed by atoms with E-state index >= 15 is 0 Å². The molecule has 1 N–H and O–H groups in total. The molecular weight excluding hydrogens is 270 g/mol. The van der Waals surface area contributed by atoms with Gasteiger partial charge < -0.3 is 15.0 Å². The predicted octanol–water partition coefficient (Wildman–Crippen LogP) is 2.54. The fourth-order valence-corrected chi connectivity index (χ4v) is 4.32. The Hall–Kier alpha value is -0.650. The average molecular weight is 293 g/mol. The molecule has 20 heavy (non-hydrogen) atoms. The van der Waals surface area contributed by atoms with Gasteiger partial charge in [0.25, 0.3) is 0 Å². The molecular formula is C15H23N3OS. The molecule has 1 aromatic heterocycles. The predicted molar refractivity (Wildman–Crippen MR) is 81.3 cm³/mol. The van der Waals surface area contributed by atoms with Crippen molar-refractivity contribution in [2.24, 2.45) is 0 Å². The topological polar surface area (TPSA) is 37.4 Å². The molecule has 0 amide bonds. The van der Waals surface area contributed by atoms with Crippen LogP contribution in [-0.4, -0.2) is 36.3 Å². The van der Waals surface area contributed by atoms with Crippen molar-refractivity contribution < 1.29 is 4.74 Å². The lowest BCUT2D eigenvalue weighted by atomic mass is 9.90. The lowest BCUT2D eigenvalue weighted by Crippen LogP contribution is -2.52. The molecule has 2 atom stereocenters. The Bertz CT molecular complexity index is 458. The van der Waals surface area contributed by atoms with Gasteiger partial charge >= 0.3 is 0 Å². The van der Waals surface area contributed by atoms with E-state index in [2.05, 4.69) is 21.4 Å². The maximum Gasteiger partial charge on any atom is 0.185 e. The van der Waals surface area contributed by atoms with E-state index < -0.39 is 0 Å². The number of nitrogens with zero attached hydrogens (tertiary/aromatic N) is 2. The van der Waals surface area contributed by atoms with Gasteiger partial charge in [0, 0.05) is 30.2 Å². The molecule has 1 saturated heterocycles. The van der Waals surface area contributed by atoms with Gasteiger partial charge in [-0.2, -0.15) is 0 Å². The smallest absolute Gasteiger partial charge is 0.185 e. The molecule has 0 aromatic carbocycles. The quantitative estimate of drug-likeness (QED) is 0.926. The summed E-state index contributed by atoms with van der Waals surface area (Å²) < 4.78 is 5.95. The van der Waals surface area contributed by atoms with Crippen LogP contribution in [0, 0.1) is 0 Å². The van der Waals surface area contributed by atoms with E-state index in [0.29, 0.717) is 12.1 Å². The molecule has 3 fully saturated rings. The standard InChI is InChI=1S/C15H23N3OS/c1-2-4-14-13(3-1)18(7-8-19-14)15-17-10-12(20-15)9-16-11-5-6-11/h10-11,13-14,16H,1-9H2. The molecule has 2 unspecified atom stereocenters. The first-order valence-corrected chi connectivity index (χ1v) is 8.78. The highest BCUT2D eigenvalue weighted by Gasteiger charge is 2.35. The summed E-state index contributed by atoms with van der Waals surface area (Å²) in [5.41, 5.74) is 0. The van der Waals surface area contributed by atoms with Gasteiger partial charge in [-0.25, -0.2) is 4.98 Å². The van der Waals surface area contributed by atoms with E-state index in [1.165, 1.54) is 48.5 Å². The highest BCUT2D eigenvalue weighted by molar-refractivity contribution is 7.15. The minimum Gasteiger partial charge on any atom is -0.374 e. The summed E-state index contributed by atoms with van der Waals surface area (Å²) >= 11 is 1.86. The number of fused-ring (bicyclic) bond motifs is 1. The molecule has 4 rings (SSSR count). The highest BCUT2D eigenvalue weighted by atomic mass is 32.1. The highest BCUT2D eigenvalue weighted by Crippen LogP contribution is 2.34. The molecule has 2 saturated carbocycles. The third kappa shape index (κ3) is 2.71. The Labute approximate surface area is 124 Å². The van der Waals surface area contributed by atoms with Crippen LogP contribution in [0.25, 0.3) is 0 Å². The molecule has 3 aliphatic rings. The van der Waals surface area contributed by atoms with Crippen LogP contribution in [-0.2, 0) is 11.3 Å². The number of morpholine rings is 1. The first-order chi connectivity index (χ1) is 9.90. The summed E-state index contributed by atoms with van der Waals surface area (Å²) in [6, 6.07) is 1.33. The van der Waals surface area contributed by atoms with Gasteiger partial charge in [-0.1, -0.05) is 12.8 Å². The SMILES string of the molecule is c1nc(N2CCOC3CCCCC32)sc1CNC1CC1. The molecule has 2 heterocycles. The second kappa shape index (κ2) is 5.62. The summed E-state index contributed by atoms with van der Waals surface area (Å²) in [5.74, 6) is 0. The third-order valence-corrected chi connectivity index (χ3v) is 5.70. The van der Waals surface area contributed by atoms with Gasteiger partial charge in [-0.3, -0.25) is 0 Å². The van der Waals surface area contributed by atoms with Crippen LogP contribution in [0.15, 0.2) is 6.20 Å². The van der Waals surface area contributed by atoms with Crippen LogP contribution in [0.4, 0.5) is 5.13 Å². The largest absolute Gasteiger partial charge is 0.374 e. The van der Waals surface area contributed by atoms with E-state index in [4.69, 9.17) is 4.74 Å². The van der Waals surface area contributed by atoms with E-state index in [9.17, 15) is 0 Å². The zero-order valence-corrected chi connectivity index (χ0v) is 12.7. The lowest BCUT2D eigenvalue weighted by Gasteiger charge is -2.43. The van der Waals surface area contributed by atoms with Gasteiger partial charge in [0.1, 0.15) is 0 Å². The molecule has 1 aromatic rings. The van der Waals surface area contributed by atoms with Crippen molar-refractivity contribution >= 4 is 16.5 Å². The second-order valence-corrected chi connectivity index (χ2v) is 7.31. The summed E-state index contributed by atoms with van der Waals surface area (Å²) in [4.78, 5) is 8.56. The van der Waals surface area contributed by atoms with Crippen LogP contribution in [0.1, 0.15) is 43.4 Å². The van der Waals surface area contributed by atoms with Crippen LogP contribution in [0.5, 0.6) is 0 Å². The number of ether oxygens (including phenoxy) is 1. The zero-order chi connectivity index (χ0) is 13.4. The fourth-order valence-electron chi connectivity index (χ4n) is 3.38. The van der Waals surface area contributed by atoms with E-state index in [1.54, 1.807) is 0 Å². The maximum atomic E-state index is 5.95. The minimum atomic E-state index is 0.439. The number of hydrogen-bond acceptors (Lipinski definition) is 5. The normalized spacial score (nSPS) is 30.3. The van der Waals surface area contributed by atoms with Crippen molar-refractivity contribution in [3.63, 3.8) is 0 Å². The Balaban J connectivity index is 1.44. The van der Waals surface area contributed by atoms with Crippen molar-refractivity contribution in [3.05, 3.63) is 11.1 Å². The van der Waals surface area contributed by atoms with Crippen LogP contribution in [0.3, 0.4) is 0 Å². The van der Waals surface area contributed by atoms with Gasteiger partial charge in [0.2, 0.25) is 0 Å². The Morgan fingerprint density at radius 2 is 2.20 bits per heavy atom. The van der Waals surface area contributed by atoms with Gasteiger partial charge in [-0.05, 0) is 25.7 Å². The number of nitrogens with one attached hydrogen (secondary N) is 1. The molecule has 0 radical (unpaired) electrons. The first kappa shape index (κ1) is 13.0. The average Bonchev–Trinajstić information content (AvgIpc) is 3.21. The van der Waals surface area contributed by atoms with E-state index in [0.717, 1.165) is 25.7 Å². The summed E-state index contributed by atoms with van der Waals surface area (Å²) in [7, 11) is 0. The van der Waals surface area contributed by atoms with E-state index in [1.807, 2.05) is 11.3 Å². The van der Waals surface area contributed by atoms with E-state index in [-0.39, 0.29) is 0 Å². The number of anilines is 1.